The summed E-state index contributed by atoms with van der Waals surface area (Å²) in [5, 5.41) is 0. The van der Waals surface area contributed by atoms with E-state index in [0.717, 1.165) is 19.5 Å². The van der Waals surface area contributed by atoms with Gasteiger partial charge >= 0.3 is 0 Å². The van der Waals surface area contributed by atoms with Crippen molar-refractivity contribution in [1.82, 2.24) is 4.90 Å². The van der Waals surface area contributed by atoms with Crippen LogP contribution >= 0.6 is 0 Å². The SMILES string of the molecule is COCCN1C(N)=NCC1CC(C)(C)OC. The Labute approximate surface area is 97.6 Å². The van der Waals surface area contributed by atoms with Crippen LogP contribution in [0.4, 0.5) is 0 Å². The molecule has 0 aliphatic carbocycles. The van der Waals surface area contributed by atoms with Crippen LogP contribution in [-0.4, -0.2) is 56.4 Å². The van der Waals surface area contributed by atoms with Gasteiger partial charge in [0.05, 0.1) is 24.8 Å². The number of rotatable bonds is 6. The lowest BCUT2D eigenvalue weighted by molar-refractivity contribution is 0.0000893. The van der Waals surface area contributed by atoms with Crippen molar-refractivity contribution in [3.63, 3.8) is 0 Å². The van der Waals surface area contributed by atoms with Crippen molar-refractivity contribution in [2.24, 2.45) is 10.7 Å². The number of nitrogens with zero attached hydrogens (tertiary/aromatic N) is 2. The standard InChI is InChI=1S/C11H23N3O2/c1-11(2,16-4)7-9-8-13-10(12)14(9)5-6-15-3/h9H,5-8H2,1-4H3,(H2,12,13). The maximum absolute atomic E-state index is 5.85. The van der Waals surface area contributed by atoms with E-state index in [1.807, 2.05) is 0 Å². The molecule has 0 saturated heterocycles. The molecule has 1 heterocycles. The number of nitrogens with two attached hydrogens (primary N) is 1. The van der Waals surface area contributed by atoms with Crippen LogP contribution in [0.2, 0.25) is 0 Å². The second kappa shape index (κ2) is 5.50. The highest BCUT2D eigenvalue weighted by molar-refractivity contribution is 5.80. The third kappa shape index (κ3) is 3.35. The first kappa shape index (κ1) is 13.3. The van der Waals surface area contributed by atoms with E-state index in [0.29, 0.717) is 18.6 Å². The molecular weight excluding hydrogens is 206 g/mol. The molecule has 0 aromatic carbocycles. The summed E-state index contributed by atoms with van der Waals surface area (Å²) in [6.07, 6.45) is 0.914. The predicted molar refractivity (Wildman–Crippen MR) is 64.6 cm³/mol. The quantitative estimate of drug-likeness (QED) is 0.718. The third-order valence-corrected chi connectivity index (χ3v) is 3.02. The fourth-order valence-corrected chi connectivity index (χ4v) is 1.89. The van der Waals surface area contributed by atoms with Gasteiger partial charge in [-0.05, 0) is 20.3 Å². The average Bonchev–Trinajstić information content (AvgIpc) is 2.57. The molecular formula is C11H23N3O2. The Bertz CT molecular complexity index is 254. The Morgan fingerprint density at radius 2 is 2.19 bits per heavy atom. The summed E-state index contributed by atoms with van der Waals surface area (Å²) < 4.78 is 10.5. The second-order valence-electron chi connectivity index (χ2n) is 4.71. The summed E-state index contributed by atoms with van der Waals surface area (Å²) in [5.41, 5.74) is 5.71. The Morgan fingerprint density at radius 3 is 2.75 bits per heavy atom. The van der Waals surface area contributed by atoms with Crippen molar-refractivity contribution in [3.05, 3.63) is 0 Å². The number of hydrogen-bond donors (Lipinski definition) is 1. The Hall–Kier alpha value is -0.810. The Balaban J connectivity index is 2.54. The molecule has 16 heavy (non-hydrogen) atoms. The summed E-state index contributed by atoms with van der Waals surface area (Å²) in [6, 6.07) is 0.324. The van der Waals surface area contributed by atoms with Gasteiger partial charge in [0, 0.05) is 20.8 Å². The molecule has 0 spiro atoms. The van der Waals surface area contributed by atoms with Gasteiger partial charge in [-0.15, -0.1) is 0 Å². The largest absolute Gasteiger partial charge is 0.383 e. The lowest BCUT2D eigenvalue weighted by Crippen LogP contribution is -2.45. The Morgan fingerprint density at radius 1 is 1.50 bits per heavy atom. The highest BCUT2D eigenvalue weighted by Gasteiger charge is 2.31. The summed E-state index contributed by atoms with van der Waals surface area (Å²) in [5.74, 6) is 0.619. The molecule has 5 nitrogen and oxygen atoms in total. The molecule has 5 heteroatoms. The van der Waals surface area contributed by atoms with Crippen LogP contribution in [0.25, 0.3) is 0 Å². The molecule has 0 radical (unpaired) electrons. The number of guanidine groups is 1. The van der Waals surface area contributed by atoms with Crippen LogP contribution in [0.15, 0.2) is 4.99 Å². The molecule has 0 amide bonds. The molecule has 1 atom stereocenters. The molecule has 1 aliphatic heterocycles. The minimum atomic E-state index is -0.143. The van der Waals surface area contributed by atoms with Gasteiger partial charge in [0.15, 0.2) is 5.96 Å². The molecule has 1 aliphatic rings. The van der Waals surface area contributed by atoms with Crippen molar-refractivity contribution >= 4 is 5.96 Å². The predicted octanol–water partition coefficient (Wildman–Crippen LogP) is 0.447. The van der Waals surface area contributed by atoms with Crippen LogP contribution in [-0.2, 0) is 9.47 Å². The maximum atomic E-state index is 5.85. The van der Waals surface area contributed by atoms with Crippen molar-refractivity contribution in [1.29, 1.82) is 0 Å². The van der Waals surface area contributed by atoms with Gasteiger partial charge in [0.1, 0.15) is 0 Å². The van der Waals surface area contributed by atoms with Gasteiger partial charge in [-0.3, -0.25) is 4.99 Å². The molecule has 1 unspecified atom stereocenters. The zero-order chi connectivity index (χ0) is 12.2. The maximum Gasteiger partial charge on any atom is 0.191 e. The van der Waals surface area contributed by atoms with Gasteiger partial charge in [-0.2, -0.15) is 0 Å². The van der Waals surface area contributed by atoms with Gasteiger partial charge in [0.2, 0.25) is 0 Å². The van der Waals surface area contributed by atoms with Gasteiger partial charge < -0.3 is 20.1 Å². The van der Waals surface area contributed by atoms with Gasteiger partial charge in [-0.25, -0.2) is 0 Å². The van der Waals surface area contributed by atoms with E-state index in [-0.39, 0.29) is 5.60 Å². The highest BCUT2D eigenvalue weighted by Crippen LogP contribution is 2.22. The number of hydrogen-bond acceptors (Lipinski definition) is 5. The Kier molecular flexibility index (Phi) is 4.56. The van der Waals surface area contributed by atoms with Crippen molar-refractivity contribution in [3.8, 4) is 0 Å². The van der Waals surface area contributed by atoms with Gasteiger partial charge in [0.25, 0.3) is 0 Å². The van der Waals surface area contributed by atoms with Gasteiger partial charge in [-0.1, -0.05) is 0 Å². The molecule has 0 bridgehead atoms. The molecule has 0 aromatic rings. The first-order valence-corrected chi connectivity index (χ1v) is 5.61. The number of methoxy groups -OCH3 is 2. The minimum Gasteiger partial charge on any atom is -0.383 e. The zero-order valence-corrected chi connectivity index (χ0v) is 10.7. The van der Waals surface area contributed by atoms with Crippen molar-refractivity contribution < 1.29 is 9.47 Å². The van der Waals surface area contributed by atoms with E-state index in [1.165, 1.54) is 0 Å². The smallest absolute Gasteiger partial charge is 0.191 e. The first-order chi connectivity index (χ1) is 7.50. The van der Waals surface area contributed by atoms with Crippen LogP contribution < -0.4 is 5.73 Å². The van der Waals surface area contributed by atoms with E-state index in [9.17, 15) is 0 Å². The molecule has 1 rings (SSSR count). The third-order valence-electron chi connectivity index (χ3n) is 3.02. The van der Waals surface area contributed by atoms with E-state index in [2.05, 4.69) is 23.7 Å². The van der Waals surface area contributed by atoms with Crippen LogP contribution in [0.3, 0.4) is 0 Å². The first-order valence-electron chi connectivity index (χ1n) is 5.61. The zero-order valence-electron chi connectivity index (χ0n) is 10.7. The van der Waals surface area contributed by atoms with E-state index >= 15 is 0 Å². The van der Waals surface area contributed by atoms with Crippen molar-refractivity contribution in [2.75, 3.05) is 33.9 Å². The van der Waals surface area contributed by atoms with Crippen LogP contribution in [0.1, 0.15) is 20.3 Å². The summed E-state index contributed by atoms with van der Waals surface area (Å²) in [7, 11) is 3.43. The summed E-state index contributed by atoms with van der Waals surface area (Å²) in [6.45, 7) is 6.37. The molecule has 94 valence electrons. The fraction of sp³-hybridized carbons (Fsp3) is 0.909. The fourth-order valence-electron chi connectivity index (χ4n) is 1.89. The number of aliphatic imine (C=N–C) groups is 1. The molecule has 0 aromatic heterocycles. The topological polar surface area (TPSA) is 60.1 Å². The van der Waals surface area contributed by atoms with Crippen molar-refractivity contribution in [2.45, 2.75) is 31.9 Å². The molecule has 0 fully saturated rings. The van der Waals surface area contributed by atoms with E-state index < -0.39 is 0 Å². The lowest BCUT2D eigenvalue weighted by Gasteiger charge is -2.32. The normalized spacial score (nSPS) is 21.4. The van der Waals surface area contributed by atoms with Crippen LogP contribution in [0.5, 0.6) is 0 Å². The van der Waals surface area contributed by atoms with E-state index in [4.69, 9.17) is 15.2 Å². The molecule has 0 saturated carbocycles. The summed E-state index contributed by atoms with van der Waals surface area (Å²) in [4.78, 5) is 6.38. The number of ether oxygens (including phenoxy) is 2. The highest BCUT2D eigenvalue weighted by atomic mass is 16.5. The molecule has 2 N–H and O–H groups in total. The lowest BCUT2D eigenvalue weighted by atomic mass is 9.98. The monoisotopic (exact) mass is 229 g/mol. The minimum absolute atomic E-state index is 0.143. The average molecular weight is 229 g/mol. The van der Waals surface area contributed by atoms with E-state index in [1.54, 1.807) is 14.2 Å². The summed E-state index contributed by atoms with van der Waals surface area (Å²) >= 11 is 0. The van der Waals surface area contributed by atoms with Crippen LogP contribution in [0, 0.1) is 0 Å². The second-order valence-corrected chi connectivity index (χ2v) is 4.71.